The fourth-order valence-corrected chi connectivity index (χ4v) is 2.95. The highest BCUT2D eigenvalue weighted by Gasteiger charge is 2.18. The molecule has 0 aliphatic rings. The van der Waals surface area contributed by atoms with E-state index in [0.29, 0.717) is 15.6 Å². The summed E-state index contributed by atoms with van der Waals surface area (Å²) in [4.78, 5) is 24.3. The van der Waals surface area contributed by atoms with Gasteiger partial charge in [-0.1, -0.05) is 17.7 Å². The highest BCUT2D eigenvalue weighted by Crippen LogP contribution is 2.27. The summed E-state index contributed by atoms with van der Waals surface area (Å²) in [6.07, 6.45) is -0.766. The van der Waals surface area contributed by atoms with Crippen molar-refractivity contribution < 1.29 is 14.3 Å². The third kappa shape index (κ3) is 4.46. The van der Waals surface area contributed by atoms with E-state index in [0.717, 1.165) is 11.1 Å². The van der Waals surface area contributed by atoms with Crippen LogP contribution in [-0.4, -0.2) is 17.9 Å². The Morgan fingerprint density at radius 3 is 2.43 bits per heavy atom. The third-order valence-corrected chi connectivity index (χ3v) is 4.22. The van der Waals surface area contributed by atoms with E-state index in [4.69, 9.17) is 16.3 Å². The molecule has 2 amide bonds. The van der Waals surface area contributed by atoms with E-state index < -0.39 is 12.0 Å². The molecular formula is C16H17ClN2O3S. The van der Waals surface area contributed by atoms with E-state index in [1.165, 1.54) is 11.3 Å². The Morgan fingerprint density at radius 1 is 1.22 bits per heavy atom. The lowest BCUT2D eigenvalue weighted by Crippen LogP contribution is -2.47. The van der Waals surface area contributed by atoms with Crippen molar-refractivity contribution in [3.8, 4) is 5.75 Å². The van der Waals surface area contributed by atoms with Crippen LogP contribution in [0.25, 0.3) is 0 Å². The minimum Gasteiger partial charge on any atom is -0.480 e. The van der Waals surface area contributed by atoms with E-state index in [2.05, 4.69) is 10.9 Å². The van der Waals surface area contributed by atoms with Crippen LogP contribution >= 0.6 is 22.9 Å². The monoisotopic (exact) mass is 352 g/mol. The van der Waals surface area contributed by atoms with Gasteiger partial charge in [0.2, 0.25) is 0 Å². The maximum atomic E-state index is 12.0. The zero-order valence-corrected chi connectivity index (χ0v) is 14.5. The molecule has 0 saturated carbocycles. The van der Waals surface area contributed by atoms with Crippen LogP contribution in [0.15, 0.2) is 29.6 Å². The Bertz CT molecular complexity index is 693. The van der Waals surface area contributed by atoms with Gasteiger partial charge in [-0.25, -0.2) is 0 Å². The van der Waals surface area contributed by atoms with Crippen LogP contribution in [-0.2, 0) is 4.79 Å². The first-order valence-electron chi connectivity index (χ1n) is 6.95. The molecule has 0 aliphatic heterocycles. The number of hydrogen-bond acceptors (Lipinski definition) is 4. The first kappa shape index (κ1) is 17.3. The highest BCUT2D eigenvalue weighted by atomic mass is 35.5. The summed E-state index contributed by atoms with van der Waals surface area (Å²) in [7, 11) is 0. The van der Waals surface area contributed by atoms with E-state index in [9.17, 15) is 9.59 Å². The Hall–Kier alpha value is -2.05. The fourth-order valence-electron chi connectivity index (χ4n) is 2.00. The van der Waals surface area contributed by atoms with Gasteiger partial charge < -0.3 is 4.74 Å². The number of thiophene rings is 1. The number of nitrogens with one attached hydrogen (secondary N) is 2. The van der Waals surface area contributed by atoms with Crippen molar-refractivity contribution in [1.82, 2.24) is 10.9 Å². The number of benzene rings is 1. The van der Waals surface area contributed by atoms with Gasteiger partial charge in [-0.2, -0.15) is 0 Å². The van der Waals surface area contributed by atoms with Gasteiger partial charge in [-0.05, 0) is 55.5 Å². The lowest BCUT2D eigenvalue weighted by atomic mass is 10.1. The number of carbonyl (C=O) groups excluding carboxylic acids is 2. The molecule has 0 saturated heterocycles. The fraction of sp³-hybridized carbons (Fsp3) is 0.250. The van der Waals surface area contributed by atoms with Crippen LogP contribution in [0.4, 0.5) is 0 Å². The second kappa shape index (κ2) is 7.48. The predicted octanol–water partition coefficient (Wildman–Crippen LogP) is 3.25. The molecule has 0 spiro atoms. The zero-order valence-electron chi connectivity index (χ0n) is 13.0. The number of rotatable bonds is 4. The van der Waals surface area contributed by atoms with Crippen molar-refractivity contribution in [2.75, 3.05) is 0 Å². The van der Waals surface area contributed by atoms with Crippen LogP contribution < -0.4 is 15.6 Å². The van der Waals surface area contributed by atoms with Crippen LogP contribution in [0.3, 0.4) is 0 Å². The Morgan fingerprint density at radius 2 is 1.87 bits per heavy atom. The molecule has 5 nitrogen and oxygen atoms in total. The number of aryl methyl sites for hydroxylation is 2. The maximum Gasteiger partial charge on any atom is 0.279 e. The SMILES string of the molecule is Cc1cc(Cl)cc(C)c1OC(C)C(=O)NNC(=O)c1cccs1. The van der Waals surface area contributed by atoms with Gasteiger partial charge >= 0.3 is 0 Å². The Balaban J connectivity index is 1.94. The summed E-state index contributed by atoms with van der Waals surface area (Å²) >= 11 is 7.27. The van der Waals surface area contributed by atoms with Gasteiger partial charge in [-0.3, -0.25) is 20.4 Å². The quantitative estimate of drug-likeness (QED) is 0.830. The molecule has 7 heteroatoms. The zero-order chi connectivity index (χ0) is 17.0. The van der Waals surface area contributed by atoms with Crippen molar-refractivity contribution in [2.45, 2.75) is 26.9 Å². The normalized spacial score (nSPS) is 11.7. The second-order valence-corrected chi connectivity index (χ2v) is 6.43. The van der Waals surface area contributed by atoms with E-state index in [1.54, 1.807) is 36.6 Å². The number of halogens is 1. The first-order valence-corrected chi connectivity index (χ1v) is 8.21. The molecule has 1 atom stereocenters. The van der Waals surface area contributed by atoms with Crippen LogP contribution in [0.1, 0.15) is 27.7 Å². The van der Waals surface area contributed by atoms with Crippen molar-refractivity contribution in [3.63, 3.8) is 0 Å². The minimum absolute atomic E-state index is 0.362. The summed E-state index contributed by atoms with van der Waals surface area (Å²) < 4.78 is 5.70. The smallest absolute Gasteiger partial charge is 0.279 e. The molecule has 23 heavy (non-hydrogen) atoms. The molecule has 1 aromatic heterocycles. The van der Waals surface area contributed by atoms with E-state index in [-0.39, 0.29) is 5.91 Å². The topological polar surface area (TPSA) is 67.4 Å². The highest BCUT2D eigenvalue weighted by molar-refractivity contribution is 7.12. The maximum absolute atomic E-state index is 12.0. The lowest BCUT2D eigenvalue weighted by molar-refractivity contribution is -0.128. The molecule has 2 N–H and O–H groups in total. The van der Waals surface area contributed by atoms with Gasteiger partial charge in [0.1, 0.15) is 5.75 Å². The van der Waals surface area contributed by atoms with Crippen molar-refractivity contribution in [2.24, 2.45) is 0 Å². The molecule has 2 rings (SSSR count). The summed E-state index contributed by atoms with van der Waals surface area (Å²) in [5.41, 5.74) is 6.41. The Kier molecular flexibility index (Phi) is 5.63. The largest absolute Gasteiger partial charge is 0.480 e. The summed E-state index contributed by atoms with van der Waals surface area (Å²) in [5, 5.41) is 2.40. The molecule has 1 heterocycles. The lowest BCUT2D eigenvalue weighted by Gasteiger charge is -2.18. The number of hydrogen-bond donors (Lipinski definition) is 2. The van der Waals surface area contributed by atoms with Crippen LogP contribution in [0, 0.1) is 13.8 Å². The Labute approximate surface area is 143 Å². The molecule has 122 valence electrons. The van der Waals surface area contributed by atoms with Gasteiger partial charge in [0.25, 0.3) is 11.8 Å². The van der Waals surface area contributed by atoms with Crippen molar-refractivity contribution in [1.29, 1.82) is 0 Å². The van der Waals surface area contributed by atoms with Crippen molar-refractivity contribution >= 4 is 34.8 Å². The standard InChI is InChI=1S/C16H17ClN2O3S/c1-9-7-12(17)8-10(2)14(9)22-11(3)15(20)18-19-16(21)13-5-4-6-23-13/h4-8,11H,1-3H3,(H,18,20)(H,19,21). The molecule has 1 aromatic carbocycles. The molecular weight excluding hydrogens is 336 g/mol. The van der Waals surface area contributed by atoms with E-state index >= 15 is 0 Å². The van der Waals surface area contributed by atoms with Crippen LogP contribution in [0.2, 0.25) is 5.02 Å². The summed E-state index contributed by atoms with van der Waals surface area (Å²) in [6, 6.07) is 6.98. The molecule has 0 fully saturated rings. The first-order chi connectivity index (χ1) is 10.9. The summed E-state index contributed by atoms with van der Waals surface area (Å²) in [6.45, 7) is 5.33. The van der Waals surface area contributed by atoms with Gasteiger partial charge in [-0.15, -0.1) is 11.3 Å². The minimum atomic E-state index is -0.766. The third-order valence-electron chi connectivity index (χ3n) is 3.13. The predicted molar refractivity (Wildman–Crippen MR) is 90.9 cm³/mol. The number of amides is 2. The molecule has 0 radical (unpaired) electrons. The number of carbonyl (C=O) groups is 2. The van der Waals surface area contributed by atoms with Gasteiger partial charge in [0.05, 0.1) is 4.88 Å². The van der Waals surface area contributed by atoms with Crippen molar-refractivity contribution in [3.05, 3.63) is 50.7 Å². The van der Waals surface area contributed by atoms with Gasteiger partial charge in [0.15, 0.2) is 6.10 Å². The molecule has 0 bridgehead atoms. The average Bonchev–Trinajstić information content (AvgIpc) is 3.02. The average molecular weight is 353 g/mol. The van der Waals surface area contributed by atoms with E-state index in [1.807, 2.05) is 13.8 Å². The molecule has 2 aromatic rings. The number of ether oxygens (including phenoxy) is 1. The van der Waals surface area contributed by atoms with Crippen LogP contribution in [0.5, 0.6) is 5.75 Å². The number of hydrazine groups is 1. The second-order valence-electron chi connectivity index (χ2n) is 5.05. The summed E-state index contributed by atoms with van der Waals surface area (Å²) in [5.74, 6) is -0.190. The molecule has 1 unspecified atom stereocenters. The molecule has 0 aliphatic carbocycles. The van der Waals surface area contributed by atoms with Gasteiger partial charge in [0, 0.05) is 5.02 Å².